The van der Waals surface area contributed by atoms with Crippen molar-refractivity contribution in [3.05, 3.63) is 53.1 Å². The van der Waals surface area contributed by atoms with Crippen LogP contribution in [0.25, 0.3) is 5.13 Å². The van der Waals surface area contributed by atoms with Crippen molar-refractivity contribution in [1.29, 1.82) is 0 Å². The first-order valence-corrected chi connectivity index (χ1v) is 10.5. The van der Waals surface area contributed by atoms with Crippen molar-refractivity contribution in [2.75, 3.05) is 23.3 Å². The van der Waals surface area contributed by atoms with Crippen molar-refractivity contribution in [1.82, 2.24) is 14.8 Å². The highest BCUT2D eigenvalue weighted by atomic mass is 32.1. The van der Waals surface area contributed by atoms with Crippen LogP contribution in [0, 0.1) is 32.5 Å². The lowest BCUT2D eigenvalue weighted by atomic mass is 9.97. The van der Waals surface area contributed by atoms with Crippen LogP contribution in [0.4, 0.5) is 15.2 Å². The summed E-state index contributed by atoms with van der Waals surface area (Å²) in [6.07, 6.45) is 1.74. The highest BCUT2D eigenvalue weighted by Crippen LogP contribution is 2.30. The molecule has 3 aromatic rings. The minimum atomic E-state index is -0.301. The van der Waals surface area contributed by atoms with E-state index in [1.807, 2.05) is 13.8 Å². The number of aryl methyl sites for hydroxylation is 3. The van der Waals surface area contributed by atoms with Crippen LogP contribution < -0.4 is 10.2 Å². The predicted octanol–water partition coefficient (Wildman–Crippen LogP) is 4.25. The summed E-state index contributed by atoms with van der Waals surface area (Å²) in [5, 5.41) is 13.4. The molecule has 0 saturated carbocycles. The highest BCUT2D eigenvalue weighted by Gasteiger charge is 2.28. The predicted molar refractivity (Wildman–Crippen MR) is 113 cm³/mol. The van der Waals surface area contributed by atoms with Gasteiger partial charge in [-0.25, -0.2) is 4.39 Å². The zero-order valence-electron chi connectivity index (χ0n) is 16.8. The molecule has 2 aromatic heterocycles. The van der Waals surface area contributed by atoms with Gasteiger partial charge in [0, 0.05) is 30.2 Å². The van der Waals surface area contributed by atoms with Gasteiger partial charge >= 0.3 is 0 Å². The highest BCUT2D eigenvalue weighted by molar-refractivity contribution is 7.17. The first kappa shape index (κ1) is 19.6. The molecule has 0 bridgehead atoms. The third-order valence-corrected chi connectivity index (χ3v) is 6.34. The summed E-state index contributed by atoms with van der Waals surface area (Å²) in [7, 11) is 0. The van der Waals surface area contributed by atoms with Gasteiger partial charge in [0.2, 0.25) is 16.2 Å². The number of nitrogens with one attached hydrogen (secondary N) is 1. The Morgan fingerprint density at radius 2 is 1.86 bits per heavy atom. The Balaban J connectivity index is 1.46. The molecule has 29 heavy (non-hydrogen) atoms. The van der Waals surface area contributed by atoms with Gasteiger partial charge in [-0.15, -0.1) is 10.2 Å². The van der Waals surface area contributed by atoms with E-state index in [9.17, 15) is 9.18 Å². The molecule has 1 amide bonds. The van der Waals surface area contributed by atoms with Crippen molar-refractivity contribution in [3.8, 4) is 5.13 Å². The van der Waals surface area contributed by atoms with Gasteiger partial charge in [-0.3, -0.25) is 9.36 Å². The van der Waals surface area contributed by atoms with Gasteiger partial charge in [0.05, 0.1) is 5.92 Å². The van der Waals surface area contributed by atoms with Gasteiger partial charge in [0.25, 0.3) is 0 Å². The molecule has 1 aromatic carbocycles. The molecule has 0 radical (unpaired) electrons. The molecule has 1 N–H and O–H groups in total. The molecule has 4 rings (SSSR count). The first-order valence-electron chi connectivity index (χ1n) is 9.73. The largest absolute Gasteiger partial charge is 0.346 e. The molecule has 1 aliphatic heterocycles. The molecule has 1 aliphatic rings. The number of rotatable bonds is 4. The second-order valence-corrected chi connectivity index (χ2v) is 8.49. The normalized spacial score (nSPS) is 16.8. The van der Waals surface area contributed by atoms with Crippen molar-refractivity contribution in [2.24, 2.45) is 5.92 Å². The summed E-state index contributed by atoms with van der Waals surface area (Å²) in [5.41, 5.74) is 3.62. The second-order valence-electron chi connectivity index (χ2n) is 7.55. The summed E-state index contributed by atoms with van der Waals surface area (Å²) >= 11 is 1.54. The number of carbonyl (C=O) groups is 1. The summed E-state index contributed by atoms with van der Waals surface area (Å²) < 4.78 is 15.4. The van der Waals surface area contributed by atoms with Crippen LogP contribution in [-0.2, 0) is 4.79 Å². The Bertz CT molecular complexity index is 1020. The number of anilines is 2. The maximum Gasteiger partial charge on any atom is 0.229 e. The zero-order valence-corrected chi connectivity index (χ0v) is 17.6. The van der Waals surface area contributed by atoms with Gasteiger partial charge in [0.15, 0.2) is 0 Å². The van der Waals surface area contributed by atoms with Crippen LogP contribution in [-0.4, -0.2) is 33.8 Å². The zero-order chi connectivity index (χ0) is 20.5. The molecule has 1 atom stereocenters. The fourth-order valence-corrected chi connectivity index (χ4v) is 4.76. The molecule has 0 spiro atoms. The fourth-order valence-electron chi connectivity index (χ4n) is 3.76. The quantitative estimate of drug-likeness (QED) is 0.695. The number of amides is 1. The van der Waals surface area contributed by atoms with Gasteiger partial charge < -0.3 is 10.2 Å². The molecular weight excluding hydrogens is 389 g/mol. The summed E-state index contributed by atoms with van der Waals surface area (Å²) in [5.74, 6) is -0.480. The van der Waals surface area contributed by atoms with Crippen LogP contribution in [0.2, 0.25) is 0 Å². The van der Waals surface area contributed by atoms with E-state index in [0.29, 0.717) is 12.2 Å². The number of nitrogens with zero attached hydrogens (tertiary/aromatic N) is 4. The summed E-state index contributed by atoms with van der Waals surface area (Å²) in [4.78, 5) is 14.9. The number of halogens is 1. The molecule has 152 valence electrons. The van der Waals surface area contributed by atoms with Crippen LogP contribution in [0.15, 0.2) is 30.3 Å². The average Bonchev–Trinajstić information content (AvgIpc) is 3.30. The van der Waals surface area contributed by atoms with Crippen molar-refractivity contribution >= 4 is 28.1 Å². The van der Waals surface area contributed by atoms with Crippen molar-refractivity contribution < 1.29 is 9.18 Å². The maximum absolute atomic E-state index is 13.3. The standard InChI is InChI=1S/C21H24FN5OS/c1-13-11-17(22)8-9-18(13)23-19(28)16-5-4-10-26(12-16)20-24-25-21(29-20)27-14(2)6-7-15(27)3/h6-9,11,16H,4-5,10,12H2,1-3H3,(H,23,28)/t16-/m0/s1. The van der Waals surface area contributed by atoms with E-state index in [-0.39, 0.29) is 17.6 Å². The van der Waals surface area contributed by atoms with E-state index >= 15 is 0 Å². The molecular formula is C21H24FN5OS. The molecule has 1 fully saturated rings. The van der Waals surface area contributed by atoms with Crippen LogP contribution in [0.1, 0.15) is 29.8 Å². The number of benzene rings is 1. The number of piperidine rings is 1. The monoisotopic (exact) mass is 413 g/mol. The van der Waals surface area contributed by atoms with Crippen molar-refractivity contribution in [3.63, 3.8) is 0 Å². The number of carbonyl (C=O) groups excluding carboxylic acids is 1. The Morgan fingerprint density at radius 1 is 1.14 bits per heavy atom. The molecule has 3 heterocycles. The Kier molecular flexibility index (Phi) is 5.36. The van der Waals surface area contributed by atoms with Gasteiger partial charge in [0.1, 0.15) is 5.82 Å². The Hall–Kier alpha value is -2.74. The average molecular weight is 414 g/mol. The second kappa shape index (κ2) is 7.94. The lowest BCUT2D eigenvalue weighted by Crippen LogP contribution is -2.40. The van der Waals surface area contributed by atoms with Crippen LogP contribution >= 0.6 is 11.3 Å². The van der Waals surface area contributed by atoms with Gasteiger partial charge in [-0.2, -0.15) is 0 Å². The lowest BCUT2D eigenvalue weighted by Gasteiger charge is -2.31. The molecule has 0 unspecified atom stereocenters. The first-order chi connectivity index (χ1) is 13.9. The molecule has 6 nitrogen and oxygen atoms in total. The van der Waals surface area contributed by atoms with E-state index < -0.39 is 0 Å². The van der Waals surface area contributed by atoms with Gasteiger partial charge in [-0.05, 0) is 69.5 Å². The minimum absolute atomic E-state index is 0.0359. The van der Waals surface area contributed by atoms with Crippen molar-refractivity contribution in [2.45, 2.75) is 33.6 Å². The van der Waals surface area contributed by atoms with E-state index in [2.05, 4.69) is 37.1 Å². The third-order valence-electron chi connectivity index (χ3n) is 5.38. The topological polar surface area (TPSA) is 63.1 Å². The number of aromatic nitrogens is 3. The Morgan fingerprint density at radius 3 is 2.59 bits per heavy atom. The smallest absolute Gasteiger partial charge is 0.229 e. The SMILES string of the molecule is Cc1cc(F)ccc1NC(=O)[C@H]1CCCN(c2nnc(-n3c(C)ccc3C)s2)C1. The van der Waals surface area contributed by atoms with E-state index in [1.54, 1.807) is 24.3 Å². The van der Waals surface area contributed by atoms with Crippen LogP contribution in [0.5, 0.6) is 0 Å². The number of hydrogen-bond acceptors (Lipinski definition) is 5. The summed E-state index contributed by atoms with van der Waals surface area (Å²) in [6, 6.07) is 8.53. The maximum atomic E-state index is 13.3. The number of hydrogen-bond donors (Lipinski definition) is 1. The molecule has 8 heteroatoms. The lowest BCUT2D eigenvalue weighted by molar-refractivity contribution is -0.120. The van der Waals surface area contributed by atoms with Gasteiger partial charge in [-0.1, -0.05) is 11.3 Å². The van der Waals surface area contributed by atoms with Crippen LogP contribution in [0.3, 0.4) is 0 Å². The third kappa shape index (κ3) is 4.03. The Labute approximate surface area is 173 Å². The minimum Gasteiger partial charge on any atom is -0.346 e. The van der Waals surface area contributed by atoms with E-state index in [1.165, 1.54) is 12.1 Å². The van der Waals surface area contributed by atoms with E-state index in [0.717, 1.165) is 46.6 Å². The fraction of sp³-hybridized carbons (Fsp3) is 0.381. The summed E-state index contributed by atoms with van der Waals surface area (Å²) in [6.45, 7) is 7.35. The molecule has 1 saturated heterocycles. The van der Waals surface area contributed by atoms with E-state index in [4.69, 9.17) is 0 Å². The molecule has 0 aliphatic carbocycles.